The zero-order valence-electron chi connectivity index (χ0n) is 19.2. The summed E-state index contributed by atoms with van der Waals surface area (Å²) in [6, 6.07) is 9.84. The molecule has 0 bridgehead atoms. The monoisotopic (exact) mass is 459 g/mol. The summed E-state index contributed by atoms with van der Waals surface area (Å²) in [5.41, 5.74) is 1.26. The van der Waals surface area contributed by atoms with Crippen LogP contribution in [0.1, 0.15) is 28.8 Å². The Labute approximate surface area is 193 Å². The van der Waals surface area contributed by atoms with Gasteiger partial charge in [0.1, 0.15) is 0 Å². The predicted octanol–water partition coefficient (Wildman–Crippen LogP) is 2.36. The molecule has 33 heavy (non-hydrogen) atoms. The number of nitrogens with zero attached hydrogens (tertiary/aromatic N) is 1. The Kier molecular flexibility index (Phi) is 8.48. The molecule has 8 nitrogen and oxygen atoms in total. The maximum Gasteiger partial charge on any atom is 0.251 e. The normalized spacial score (nSPS) is 14.4. The molecule has 0 unspecified atom stereocenters. The molecule has 9 heteroatoms. The number of hydrogen-bond acceptors (Lipinski definition) is 6. The molecule has 1 aliphatic heterocycles. The minimum Gasteiger partial charge on any atom is -0.494 e. The number of carbonyl (C=O) groups is 2. The van der Waals surface area contributed by atoms with Crippen LogP contribution in [0.25, 0.3) is 0 Å². The van der Waals surface area contributed by atoms with Crippen LogP contribution < -0.4 is 24.8 Å². The lowest BCUT2D eigenvalue weighted by molar-refractivity contribution is -0.121. The Hall–Kier alpha value is -3.33. The molecule has 2 aromatic carbocycles. The minimum atomic E-state index is -0.368. The average Bonchev–Trinajstić information content (AvgIpc) is 2.83. The van der Waals surface area contributed by atoms with Gasteiger partial charge in [0.05, 0.1) is 27.9 Å². The van der Waals surface area contributed by atoms with Gasteiger partial charge in [-0.1, -0.05) is 6.07 Å². The summed E-state index contributed by atoms with van der Waals surface area (Å²) in [6.45, 7) is 2.11. The van der Waals surface area contributed by atoms with Crippen molar-refractivity contribution in [2.75, 3.05) is 41.0 Å². The quantitative estimate of drug-likeness (QED) is 0.599. The van der Waals surface area contributed by atoms with Crippen LogP contribution in [0.5, 0.6) is 17.2 Å². The van der Waals surface area contributed by atoms with Crippen molar-refractivity contribution >= 4 is 11.8 Å². The number of carbonyl (C=O) groups excluding carboxylic acids is 2. The molecule has 0 aromatic heterocycles. The van der Waals surface area contributed by atoms with E-state index in [-0.39, 0.29) is 36.0 Å². The van der Waals surface area contributed by atoms with Gasteiger partial charge in [0.25, 0.3) is 5.91 Å². The molecule has 3 rings (SSSR count). The third kappa shape index (κ3) is 6.58. The number of piperidine rings is 1. The highest BCUT2D eigenvalue weighted by Gasteiger charge is 2.21. The molecule has 2 N–H and O–H groups in total. The van der Waals surface area contributed by atoms with E-state index in [9.17, 15) is 14.0 Å². The fraction of sp³-hybridized carbons (Fsp3) is 0.417. The van der Waals surface area contributed by atoms with Crippen molar-refractivity contribution in [3.63, 3.8) is 0 Å². The predicted molar refractivity (Wildman–Crippen MR) is 121 cm³/mol. The third-order valence-electron chi connectivity index (χ3n) is 5.63. The van der Waals surface area contributed by atoms with Crippen molar-refractivity contribution in [1.82, 2.24) is 15.5 Å². The lowest BCUT2D eigenvalue weighted by Crippen LogP contribution is -2.47. The summed E-state index contributed by atoms with van der Waals surface area (Å²) in [6.07, 6.45) is 1.57. The molecule has 0 aliphatic carbocycles. The van der Waals surface area contributed by atoms with Crippen LogP contribution in [-0.2, 0) is 11.3 Å². The Balaban J connectivity index is 1.41. The van der Waals surface area contributed by atoms with Crippen molar-refractivity contribution in [2.24, 2.45) is 0 Å². The van der Waals surface area contributed by atoms with E-state index < -0.39 is 0 Å². The molecule has 0 atom stereocenters. The summed E-state index contributed by atoms with van der Waals surface area (Å²) < 4.78 is 29.2. The second-order valence-corrected chi connectivity index (χ2v) is 7.84. The van der Waals surface area contributed by atoms with Crippen LogP contribution in [0.4, 0.5) is 4.39 Å². The van der Waals surface area contributed by atoms with Crippen molar-refractivity contribution in [1.29, 1.82) is 0 Å². The van der Waals surface area contributed by atoms with Crippen molar-refractivity contribution in [3.05, 3.63) is 53.3 Å². The molecule has 0 spiro atoms. The first-order valence-corrected chi connectivity index (χ1v) is 10.8. The first-order chi connectivity index (χ1) is 15.9. The van der Waals surface area contributed by atoms with Crippen LogP contribution >= 0.6 is 0 Å². The number of hydrogen-bond donors (Lipinski definition) is 2. The number of rotatable bonds is 9. The van der Waals surface area contributed by atoms with E-state index in [1.807, 2.05) is 6.07 Å². The van der Waals surface area contributed by atoms with Gasteiger partial charge in [-0.3, -0.25) is 14.5 Å². The number of nitrogens with one attached hydrogen (secondary N) is 2. The van der Waals surface area contributed by atoms with Crippen molar-refractivity contribution in [3.8, 4) is 17.2 Å². The van der Waals surface area contributed by atoms with E-state index in [2.05, 4.69) is 15.5 Å². The molecule has 1 aliphatic rings. The van der Waals surface area contributed by atoms with Gasteiger partial charge in [-0.25, -0.2) is 4.39 Å². The van der Waals surface area contributed by atoms with E-state index in [0.29, 0.717) is 23.6 Å². The Morgan fingerprint density at radius 1 is 0.970 bits per heavy atom. The van der Waals surface area contributed by atoms with E-state index in [0.717, 1.165) is 31.5 Å². The lowest BCUT2D eigenvalue weighted by atomic mass is 10.0. The second-order valence-electron chi connectivity index (χ2n) is 7.84. The summed E-state index contributed by atoms with van der Waals surface area (Å²) in [7, 11) is 4.46. The van der Waals surface area contributed by atoms with Crippen LogP contribution in [0, 0.1) is 5.82 Å². The van der Waals surface area contributed by atoms with Crippen molar-refractivity contribution in [2.45, 2.75) is 25.4 Å². The van der Waals surface area contributed by atoms with Gasteiger partial charge in [-0.2, -0.15) is 0 Å². The molecule has 1 heterocycles. The topological polar surface area (TPSA) is 89.1 Å². The van der Waals surface area contributed by atoms with Gasteiger partial charge >= 0.3 is 0 Å². The zero-order chi connectivity index (χ0) is 23.8. The highest BCUT2D eigenvalue weighted by molar-refractivity contribution is 5.97. The molecular weight excluding hydrogens is 429 g/mol. The van der Waals surface area contributed by atoms with Gasteiger partial charge in [-0.05, 0) is 48.7 Å². The Morgan fingerprint density at radius 2 is 1.64 bits per heavy atom. The molecule has 0 saturated carbocycles. The van der Waals surface area contributed by atoms with Crippen LogP contribution in [0.15, 0.2) is 36.4 Å². The fourth-order valence-electron chi connectivity index (χ4n) is 3.82. The van der Waals surface area contributed by atoms with E-state index in [1.165, 1.54) is 27.4 Å². The highest BCUT2D eigenvalue weighted by Crippen LogP contribution is 2.27. The summed E-state index contributed by atoms with van der Waals surface area (Å²) in [4.78, 5) is 26.9. The first-order valence-electron chi connectivity index (χ1n) is 10.8. The number of likely N-dealkylation sites (tertiary alicyclic amines) is 1. The standard InChI is InChI=1S/C24H30FN3O5/c1-31-20-6-4-16(12-19(20)25)15-28-10-8-18(9-11-28)27-23(29)14-26-24(30)17-5-7-21(32-2)22(13-17)33-3/h4-7,12-13,18H,8-11,14-15H2,1-3H3,(H,26,30)(H,27,29). The Bertz CT molecular complexity index is 977. The molecule has 0 radical (unpaired) electrons. The van der Waals surface area contributed by atoms with Crippen LogP contribution in [-0.4, -0.2) is 63.7 Å². The smallest absolute Gasteiger partial charge is 0.251 e. The van der Waals surface area contributed by atoms with Crippen LogP contribution in [0.2, 0.25) is 0 Å². The first kappa shape index (κ1) is 24.3. The van der Waals surface area contributed by atoms with Gasteiger partial charge in [0.2, 0.25) is 5.91 Å². The van der Waals surface area contributed by atoms with E-state index in [1.54, 1.807) is 24.3 Å². The number of methoxy groups -OCH3 is 3. The average molecular weight is 460 g/mol. The number of amides is 2. The molecule has 178 valence electrons. The Morgan fingerprint density at radius 3 is 2.27 bits per heavy atom. The molecule has 1 saturated heterocycles. The van der Waals surface area contributed by atoms with Gasteiger partial charge in [-0.15, -0.1) is 0 Å². The SMILES string of the molecule is COc1ccc(CN2CCC(NC(=O)CNC(=O)c3ccc(OC)c(OC)c3)CC2)cc1F. The maximum absolute atomic E-state index is 13.9. The summed E-state index contributed by atoms with van der Waals surface area (Å²) >= 11 is 0. The fourth-order valence-corrected chi connectivity index (χ4v) is 3.82. The van der Waals surface area contributed by atoms with Gasteiger partial charge in [0, 0.05) is 31.2 Å². The summed E-state index contributed by atoms with van der Waals surface area (Å²) in [5.74, 6) is 0.229. The van der Waals surface area contributed by atoms with Crippen molar-refractivity contribution < 1.29 is 28.2 Å². The van der Waals surface area contributed by atoms with E-state index in [4.69, 9.17) is 14.2 Å². The lowest BCUT2D eigenvalue weighted by Gasteiger charge is -2.32. The third-order valence-corrected chi connectivity index (χ3v) is 5.63. The maximum atomic E-state index is 13.9. The summed E-state index contributed by atoms with van der Waals surface area (Å²) in [5, 5.41) is 5.60. The molecule has 2 aromatic rings. The number of halogens is 1. The van der Waals surface area contributed by atoms with Gasteiger partial charge < -0.3 is 24.8 Å². The van der Waals surface area contributed by atoms with E-state index >= 15 is 0 Å². The minimum absolute atomic E-state index is 0.0411. The molecule has 2 amide bonds. The largest absolute Gasteiger partial charge is 0.494 e. The molecule has 1 fully saturated rings. The molecular formula is C24H30FN3O5. The number of ether oxygens (including phenoxy) is 3. The highest BCUT2D eigenvalue weighted by atomic mass is 19.1. The zero-order valence-corrected chi connectivity index (χ0v) is 19.2. The van der Waals surface area contributed by atoms with Gasteiger partial charge in [0.15, 0.2) is 23.1 Å². The second kappa shape index (κ2) is 11.5. The van der Waals surface area contributed by atoms with Crippen LogP contribution in [0.3, 0.4) is 0 Å². The number of benzene rings is 2.